The van der Waals surface area contributed by atoms with Gasteiger partial charge in [-0.15, -0.1) is 0 Å². The monoisotopic (exact) mass is 201 g/mol. The first-order valence-corrected chi connectivity index (χ1v) is 5.70. The highest BCUT2D eigenvalue weighted by atomic mass is 16.4. The second-order valence-electron chi connectivity index (χ2n) is 3.43. The summed E-state index contributed by atoms with van der Waals surface area (Å²) < 4.78 is 0. The zero-order valence-corrected chi connectivity index (χ0v) is 9.62. The smallest absolute Gasteiger partial charge is 0.304 e. The van der Waals surface area contributed by atoms with E-state index in [1.165, 1.54) is 0 Å². The lowest BCUT2D eigenvalue weighted by Crippen LogP contribution is -2.31. The van der Waals surface area contributed by atoms with Crippen LogP contribution in [0.1, 0.15) is 46.5 Å². The lowest BCUT2D eigenvalue weighted by atomic mass is 10.1. The molecule has 84 valence electrons. The number of hydrogen-bond acceptors (Lipinski definition) is 2. The van der Waals surface area contributed by atoms with E-state index in [4.69, 9.17) is 5.11 Å². The predicted molar refractivity (Wildman–Crippen MR) is 58.5 cm³/mol. The Kier molecular flexibility index (Phi) is 7.48. The highest BCUT2D eigenvalue weighted by Gasteiger charge is 2.25. The molecule has 3 nitrogen and oxygen atoms in total. The average molecular weight is 201 g/mol. The van der Waals surface area contributed by atoms with Gasteiger partial charge in [-0.2, -0.15) is 0 Å². The molecule has 0 aromatic carbocycles. The van der Waals surface area contributed by atoms with E-state index in [0.29, 0.717) is 12.5 Å². The van der Waals surface area contributed by atoms with Gasteiger partial charge in [-0.1, -0.05) is 20.8 Å². The van der Waals surface area contributed by atoms with Crippen LogP contribution in [0.4, 0.5) is 0 Å². The standard InChI is InChI=1S/C9H17NO2.C2H6/c1-2-5-10-6-3-4-8(10)7-9(11)12;1-2/h8H,2-7H2,1H3,(H,11,12);1-2H3. The molecule has 0 spiro atoms. The van der Waals surface area contributed by atoms with Crippen molar-refractivity contribution in [1.29, 1.82) is 0 Å². The molecule has 1 N–H and O–H groups in total. The molecule has 1 aliphatic heterocycles. The summed E-state index contributed by atoms with van der Waals surface area (Å²) in [5.41, 5.74) is 0. The van der Waals surface area contributed by atoms with Crippen molar-refractivity contribution in [2.75, 3.05) is 13.1 Å². The molecular weight excluding hydrogens is 178 g/mol. The number of hydrogen-bond donors (Lipinski definition) is 1. The maximum absolute atomic E-state index is 10.5. The molecule has 0 aromatic heterocycles. The number of aliphatic carboxylic acids is 1. The Morgan fingerprint density at radius 1 is 1.50 bits per heavy atom. The number of likely N-dealkylation sites (tertiary alicyclic amines) is 1. The van der Waals surface area contributed by atoms with E-state index < -0.39 is 5.97 Å². The molecule has 1 saturated heterocycles. The number of rotatable bonds is 4. The molecule has 1 unspecified atom stereocenters. The summed E-state index contributed by atoms with van der Waals surface area (Å²) in [6, 6.07) is 0.308. The Bertz CT molecular complexity index is 159. The molecule has 1 aliphatic rings. The summed E-state index contributed by atoms with van der Waals surface area (Å²) in [6.45, 7) is 8.28. The molecular formula is C11H23NO2. The fourth-order valence-corrected chi connectivity index (χ4v) is 1.91. The van der Waals surface area contributed by atoms with Crippen molar-refractivity contribution in [2.45, 2.75) is 52.5 Å². The van der Waals surface area contributed by atoms with Crippen LogP contribution in [0.2, 0.25) is 0 Å². The second-order valence-corrected chi connectivity index (χ2v) is 3.43. The highest BCUT2D eigenvalue weighted by Crippen LogP contribution is 2.19. The summed E-state index contributed by atoms with van der Waals surface area (Å²) in [5, 5.41) is 8.63. The Balaban J connectivity index is 0.000000791. The lowest BCUT2D eigenvalue weighted by molar-refractivity contribution is -0.138. The minimum absolute atomic E-state index is 0.308. The normalized spacial score (nSPS) is 21.5. The van der Waals surface area contributed by atoms with Crippen LogP contribution >= 0.6 is 0 Å². The highest BCUT2D eigenvalue weighted by molar-refractivity contribution is 5.67. The summed E-state index contributed by atoms with van der Waals surface area (Å²) in [4.78, 5) is 12.8. The van der Waals surface area contributed by atoms with Crippen LogP contribution in [0.25, 0.3) is 0 Å². The molecule has 0 amide bonds. The van der Waals surface area contributed by atoms with E-state index in [0.717, 1.165) is 32.4 Å². The first-order valence-electron chi connectivity index (χ1n) is 5.70. The summed E-state index contributed by atoms with van der Waals surface area (Å²) >= 11 is 0. The molecule has 0 aliphatic carbocycles. The van der Waals surface area contributed by atoms with Crippen LogP contribution in [0.15, 0.2) is 0 Å². The van der Waals surface area contributed by atoms with E-state index in [1.54, 1.807) is 0 Å². The molecule has 1 fully saturated rings. The van der Waals surface area contributed by atoms with Gasteiger partial charge < -0.3 is 5.11 Å². The van der Waals surface area contributed by atoms with Gasteiger partial charge in [0.05, 0.1) is 6.42 Å². The molecule has 1 rings (SSSR count). The zero-order valence-electron chi connectivity index (χ0n) is 9.62. The maximum atomic E-state index is 10.5. The van der Waals surface area contributed by atoms with Crippen LogP contribution < -0.4 is 0 Å². The Labute approximate surface area is 87.1 Å². The van der Waals surface area contributed by atoms with E-state index in [-0.39, 0.29) is 0 Å². The van der Waals surface area contributed by atoms with Gasteiger partial charge in [0.1, 0.15) is 0 Å². The Morgan fingerprint density at radius 2 is 2.14 bits per heavy atom. The van der Waals surface area contributed by atoms with Crippen molar-refractivity contribution in [3.8, 4) is 0 Å². The van der Waals surface area contributed by atoms with Gasteiger partial charge in [0.2, 0.25) is 0 Å². The molecule has 1 heterocycles. The SMILES string of the molecule is CC.CCCN1CCCC1CC(=O)O. The Morgan fingerprint density at radius 3 is 2.64 bits per heavy atom. The third-order valence-corrected chi connectivity index (χ3v) is 2.42. The van der Waals surface area contributed by atoms with Crippen LogP contribution in [0.5, 0.6) is 0 Å². The third kappa shape index (κ3) is 4.61. The third-order valence-electron chi connectivity index (χ3n) is 2.42. The van der Waals surface area contributed by atoms with Crippen LogP contribution in [-0.4, -0.2) is 35.1 Å². The van der Waals surface area contributed by atoms with Gasteiger partial charge >= 0.3 is 5.97 Å². The quantitative estimate of drug-likeness (QED) is 0.759. The van der Waals surface area contributed by atoms with Gasteiger partial charge in [0.15, 0.2) is 0 Å². The molecule has 0 bridgehead atoms. The van der Waals surface area contributed by atoms with Crippen molar-refractivity contribution >= 4 is 5.97 Å². The fourth-order valence-electron chi connectivity index (χ4n) is 1.91. The molecule has 3 heteroatoms. The second kappa shape index (κ2) is 7.80. The summed E-state index contributed by atoms with van der Waals surface area (Å²) in [5.74, 6) is -0.664. The maximum Gasteiger partial charge on any atom is 0.304 e. The van der Waals surface area contributed by atoms with Crippen molar-refractivity contribution in [3.05, 3.63) is 0 Å². The van der Waals surface area contributed by atoms with Crippen molar-refractivity contribution < 1.29 is 9.90 Å². The molecule has 0 radical (unpaired) electrons. The molecule has 0 aromatic rings. The summed E-state index contributed by atoms with van der Waals surface area (Å²) in [7, 11) is 0. The van der Waals surface area contributed by atoms with Gasteiger partial charge in [0.25, 0.3) is 0 Å². The average Bonchev–Trinajstić information content (AvgIpc) is 2.56. The van der Waals surface area contributed by atoms with Gasteiger partial charge in [0, 0.05) is 6.04 Å². The molecule has 0 saturated carbocycles. The predicted octanol–water partition coefficient (Wildman–Crippen LogP) is 2.36. The van der Waals surface area contributed by atoms with Crippen molar-refractivity contribution in [2.24, 2.45) is 0 Å². The number of carboxylic acid groups (broad SMARTS) is 1. The topological polar surface area (TPSA) is 40.5 Å². The van der Waals surface area contributed by atoms with E-state index in [1.807, 2.05) is 13.8 Å². The zero-order chi connectivity index (χ0) is 11.0. The minimum Gasteiger partial charge on any atom is -0.481 e. The van der Waals surface area contributed by atoms with Crippen LogP contribution in [-0.2, 0) is 4.79 Å². The lowest BCUT2D eigenvalue weighted by Gasteiger charge is -2.21. The Hall–Kier alpha value is -0.570. The number of carbonyl (C=O) groups is 1. The van der Waals surface area contributed by atoms with Crippen LogP contribution in [0.3, 0.4) is 0 Å². The molecule has 14 heavy (non-hydrogen) atoms. The van der Waals surface area contributed by atoms with Gasteiger partial charge in [-0.3, -0.25) is 9.69 Å². The van der Waals surface area contributed by atoms with E-state index >= 15 is 0 Å². The van der Waals surface area contributed by atoms with E-state index in [9.17, 15) is 4.79 Å². The molecule has 1 atom stereocenters. The minimum atomic E-state index is -0.664. The van der Waals surface area contributed by atoms with Gasteiger partial charge in [-0.25, -0.2) is 0 Å². The first kappa shape index (κ1) is 13.4. The van der Waals surface area contributed by atoms with Crippen molar-refractivity contribution in [3.63, 3.8) is 0 Å². The number of carboxylic acids is 1. The first-order chi connectivity index (χ1) is 6.74. The largest absolute Gasteiger partial charge is 0.481 e. The van der Waals surface area contributed by atoms with Gasteiger partial charge in [-0.05, 0) is 32.4 Å². The number of nitrogens with zero attached hydrogens (tertiary/aromatic N) is 1. The fraction of sp³-hybridized carbons (Fsp3) is 0.909. The van der Waals surface area contributed by atoms with Crippen molar-refractivity contribution in [1.82, 2.24) is 4.90 Å². The van der Waals surface area contributed by atoms with E-state index in [2.05, 4.69) is 11.8 Å². The van der Waals surface area contributed by atoms with Crippen LogP contribution in [0, 0.1) is 0 Å². The summed E-state index contributed by atoms with van der Waals surface area (Å²) in [6.07, 6.45) is 3.67.